The zero-order chi connectivity index (χ0) is 14.0. The molecule has 2 aromatic rings. The summed E-state index contributed by atoms with van der Waals surface area (Å²) in [5.74, 6) is 1.22. The van der Waals surface area contributed by atoms with Gasteiger partial charge >= 0.3 is 6.16 Å². The van der Waals surface area contributed by atoms with E-state index in [9.17, 15) is 4.79 Å². The Labute approximate surface area is 116 Å². The minimum absolute atomic E-state index is 0.214. The first-order valence-corrected chi connectivity index (χ1v) is 6.00. The third-order valence-electron chi connectivity index (χ3n) is 2.29. The second-order valence-electron chi connectivity index (χ2n) is 3.69. The smallest absolute Gasteiger partial charge is 0.457 e. The highest BCUT2D eigenvalue weighted by Crippen LogP contribution is 2.09. The van der Waals surface area contributed by atoms with Crippen molar-refractivity contribution < 1.29 is 23.7 Å². The van der Waals surface area contributed by atoms with Crippen molar-refractivity contribution in [1.82, 2.24) is 0 Å². The molecule has 2 rings (SSSR count). The van der Waals surface area contributed by atoms with Crippen molar-refractivity contribution in [2.24, 2.45) is 0 Å². The standard InChI is InChI=1S/C15H14O5/c16-15(19-11-17-13-7-3-1-4-8-13)20-12-18-14-9-5-2-6-10-14/h1-10H,11-12H2. The molecular formula is C15H14O5. The number of hydrogen-bond donors (Lipinski definition) is 0. The van der Waals surface area contributed by atoms with E-state index < -0.39 is 6.16 Å². The number of carbonyl (C=O) groups is 1. The van der Waals surface area contributed by atoms with Crippen LogP contribution in [0.4, 0.5) is 4.79 Å². The Morgan fingerprint density at radius 2 is 1.10 bits per heavy atom. The SMILES string of the molecule is O=C(OCOc1ccccc1)OCOc1ccccc1. The fraction of sp³-hybridized carbons (Fsp3) is 0.133. The molecule has 0 radical (unpaired) electrons. The van der Waals surface area contributed by atoms with E-state index in [4.69, 9.17) is 18.9 Å². The molecule has 20 heavy (non-hydrogen) atoms. The molecule has 0 unspecified atom stereocenters. The first kappa shape index (κ1) is 13.7. The minimum Gasteiger partial charge on any atom is -0.457 e. The van der Waals surface area contributed by atoms with Gasteiger partial charge in [-0.3, -0.25) is 0 Å². The Bertz CT molecular complexity index is 465. The molecule has 0 bridgehead atoms. The van der Waals surface area contributed by atoms with Crippen LogP contribution in [0, 0.1) is 0 Å². The average molecular weight is 274 g/mol. The lowest BCUT2D eigenvalue weighted by Crippen LogP contribution is -2.15. The number of para-hydroxylation sites is 2. The molecule has 0 N–H and O–H groups in total. The highest BCUT2D eigenvalue weighted by molar-refractivity contribution is 5.59. The van der Waals surface area contributed by atoms with Gasteiger partial charge in [-0.05, 0) is 24.3 Å². The van der Waals surface area contributed by atoms with Gasteiger partial charge in [0.25, 0.3) is 0 Å². The van der Waals surface area contributed by atoms with E-state index >= 15 is 0 Å². The van der Waals surface area contributed by atoms with Crippen LogP contribution in [0.2, 0.25) is 0 Å². The van der Waals surface area contributed by atoms with E-state index in [1.165, 1.54) is 0 Å². The van der Waals surface area contributed by atoms with Gasteiger partial charge in [0, 0.05) is 0 Å². The zero-order valence-corrected chi connectivity index (χ0v) is 10.7. The van der Waals surface area contributed by atoms with E-state index in [0.717, 1.165) is 0 Å². The predicted molar refractivity (Wildman–Crippen MR) is 71.4 cm³/mol. The van der Waals surface area contributed by atoms with E-state index in [1.54, 1.807) is 24.3 Å². The second kappa shape index (κ2) is 7.68. The van der Waals surface area contributed by atoms with Gasteiger partial charge in [0.2, 0.25) is 13.6 Å². The van der Waals surface area contributed by atoms with Crippen molar-refractivity contribution in [3.8, 4) is 11.5 Å². The lowest BCUT2D eigenvalue weighted by atomic mass is 10.3. The van der Waals surface area contributed by atoms with Crippen molar-refractivity contribution in [2.45, 2.75) is 0 Å². The molecule has 0 aliphatic heterocycles. The Morgan fingerprint density at radius 3 is 1.50 bits per heavy atom. The Hall–Kier alpha value is -2.69. The fourth-order valence-electron chi connectivity index (χ4n) is 1.37. The summed E-state index contributed by atoms with van der Waals surface area (Å²) in [6.07, 6.45) is -0.850. The van der Waals surface area contributed by atoms with Crippen LogP contribution in [-0.2, 0) is 9.47 Å². The summed E-state index contributed by atoms with van der Waals surface area (Å²) in [5, 5.41) is 0. The van der Waals surface area contributed by atoms with Crippen LogP contribution in [0.3, 0.4) is 0 Å². The highest BCUT2D eigenvalue weighted by atomic mass is 16.8. The van der Waals surface area contributed by atoms with Crippen LogP contribution in [0.15, 0.2) is 60.7 Å². The number of hydrogen-bond acceptors (Lipinski definition) is 5. The Kier molecular flexibility index (Phi) is 5.27. The van der Waals surface area contributed by atoms with Crippen molar-refractivity contribution in [1.29, 1.82) is 0 Å². The van der Waals surface area contributed by atoms with Gasteiger partial charge in [-0.25, -0.2) is 4.79 Å². The average Bonchev–Trinajstić information content (AvgIpc) is 2.49. The van der Waals surface area contributed by atoms with Crippen LogP contribution in [-0.4, -0.2) is 19.7 Å². The third kappa shape index (κ3) is 4.89. The van der Waals surface area contributed by atoms with Gasteiger partial charge in [0.1, 0.15) is 11.5 Å². The molecule has 104 valence electrons. The van der Waals surface area contributed by atoms with E-state index in [1.807, 2.05) is 36.4 Å². The lowest BCUT2D eigenvalue weighted by Gasteiger charge is -2.08. The van der Waals surface area contributed by atoms with Crippen molar-refractivity contribution >= 4 is 6.16 Å². The molecule has 0 saturated heterocycles. The minimum atomic E-state index is -0.850. The summed E-state index contributed by atoms with van der Waals surface area (Å²) in [4.78, 5) is 11.2. The molecule has 2 aromatic carbocycles. The van der Waals surface area contributed by atoms with E-state index in [2.05, 4.69) is 0 Å². The number of rotatable bonds is 6. The van der Waals surface area contributed by atoms with Gasteiger partial charge in [0.05, 0.1) is 0 Å². The van der Waals surface area contributed by atoms with Gasteiger partial charge in [-0.2, -0.15) is 0 Å². The molecule has 0 saturated carbocycles. The molecule has 0 aliphatic rings. The van der Waals surface area contributed by atoms with Crippen LogP contribution >= 0.6 is 0 Å². The van der Waals surface area contributed by atoms with Gasteiger partial charge < -0.3 is 18.9 Å². The van der Waals surface area contributed by atoms with Crippen LogP contribution in [0.25, 0.3) is 0 Å². The number of benzene rings is 2. The first-order valence-electron chi connectivity index (χ1n) is 6.00. The van der Waals surface area contributed by atoms with Gasteiger partial charge in [-0.1, -0.05) is 36.4 Å². The summed E-state index contributed by atoms with van der Waals surface area (Å²) in [6.45, 7) is -0.428. The van der Waals surface area contributed by atoms with Crippen molar-refractivity contribution in [2.75, 3.05) is 13.6 Å². The summed E-state index contributed by atoms with van der Waals surface area (Å²) in [7, 11) is 0. The topological polar surface area (TPSA) is 54.0 Å². The van der Waals surface area contributed by atoms with Gasteiger partial charge in [-0.15, -0.1) is 0 Å². The summed E-state index contributed by atoms with van der Waals surface area (Å²) in [5.41, 5.74) is 0. The van der Waals surface area contributed by atoms with Crippen LogP contribution in [0.1, 0.15) is 0 Å². The number of ether oxygens (including phenoxy) is 4. The third-order valence-corrected chi connectivity index (χ3v) is 2.29. The maximum Gasteiger partial charge on any atom is 0.514 e. The van der Waals surface area contributed by atoms with Crippen molar-refractivity contribution in [3.05, 3.63) is 60.7 Å². The summed E-state index contributed by atoms with van der Waals surface area (Å²) < 4.78 is 19.8. The largest absolute Gasteiger partial charge is 0.514 e. The Balaban J connectivity index is 1.59. The maximum atomic E-state index is 11.2. The molecule has 5 nitrogen and oxygen atoms in total. The van der Waals surface area contributed by atoms with Crippen LogP contribution in [0.5, 0.6) is 11.5 Å². The quantitative estimate of drug-likeness (QED) is 0.598. The summed E-state index contributed by atoms with van der Waals surface area (Å²) >= 11 is 0. The monoisotopic (exact) mass is 274 g/mol. The second-order valence-corrected chi connectivity index (χ2v) is 3.69. The molecule has 0 aliphatic carbocycles. The van der Waals surface area contributed by atoms with Gasteiger partial charge in [0.15, 0.2) is 0 Å². The van der Waals surface area contributed by atoms with Crippen molar-refractivity contribution in [3.63, 3.8) is 0 Å². The first-order chi connectivity index (χ1) is 9.84. The zero-order valence-electron chi connectivity index (χ0n) is 10.7. The molecule has 0 fully saturated rings. The molecule has 0 spiro atoms. The number of carbonyl (C=O) groups excluding carboxylic acids is 1. The molecular weight excluding hydrogens is 260 g/mol. The van der Waals surface area contributed by atoms with E-state index in [0.29, 0.717) is 11.5 Å². The summed E-state index contributed by atoms with van der Waals surface area (Å²) in [6, 6.07) is 18.0. The predicted octanol–water partition coefficient (Wildman–Crippen LogP) is 3.21. The van der Waals surface area contributed by atoms with E-state index in [-0.39, 0.29) is 13.6 Å². The molecule has 5 heteroatoms. The molecule has 0 aromatic heterocycles. The Morgan fingerprint density at radius 1 is 0.700 bits per heavy atom. The molecule has 0 amide bonds. The molecule has 0 heterocycles. The highest BCUT2D eigenvalue weighted by Gasteiger charge is 2.04. The normalized spacial score (nSPS) is 9.60. The van der Waals surface area contributed by atoms with Crippen LogP contribution < -0.4 is 9.47 Å². The fourth-order valence-corrected chi connectivity index (χ4v) is 1.37. The lowest BCUT2D eigenvalue weighted by molar-refractivity contribution is -0.0256. The molecule has 0 atom stereocenters. The maximum absolute atomic E-state index is 11.2.